The Hall–Kier alpha value is -0.730. The molecule has 0 N–H and O–H groups in total. The first-order chi connectivity index (χ1) is 8.65. The summed E-state index contributed by atoms with van der Waals surface area (Å²) in [5.74, 6) is 1.37. The van der Waals surface area contributed by atoms with Crippen LogP contribution < -0.4 is 0 Å². The first kappa shape index (κ1) is 12.3. The largest absolute Gasteiger partial charge is 0.320 e. The van der Waals surface area contributed by atoms with Crippen molar-refractivity contribution in [2.45, 2.75) is 44.0 Å². The van der Waals surface area contributed by atoms with E-state index in [0.29, 0.717) is 5.88 Å². The average molecular weight is 283 g/mol. The highest BCUT2D eigenvalue weighted by Gasteiger charge is 2.34. The van der Waals surface area contributed by atoms with Crippen LogP contribution in [-0.4, -0.2) is 9.55 Å². The van der Waals surface area contributed by atoms with Crippen LogP contribution in [0.5, 0.6) is 0 Å². The fourth-order valence-corrected chi connectivity index (χ4v) is 3.60. The average Bonchev–Trinajstić information content (AvgIpc) is 2.94. The van der Waals surface area contributed by atoms with Crippen molar-refractivity contribution in [3.05, 3.63) is 29.0 Å². The summed E-state index contributed by atoms with van der Waals surface area (Å²) in [4.78, 5) is 4.63. The quantitative estimate of drug-likeness (QED) is 0.729. The van der Waals surface area contributed by atoms with Crippen molar-refractivity contribution < 1.29 is 0 Å². The topological polar surface area (TPSA) is 17.8 Å². The number of benzene rings is 1. The monoisotopic (exact) mass is 282 g/mol. The summed E-state index contributed by atoms with van der Waals surface area (Å²) in [7, 11) is 0. The van der Waals surface area contributed by atoms with Gasteiger partial charge in [0.15, 0.2) is 0 Å². The standard InChI is InChI=1S/C14H16Cl2N2/c1-14(7-2-3-8-14)18-12(9-15)17-11-6-4-5-10(16)13(11)18/h4-6H,2-3,7-9H2,1H3. The Morgan fingerprint density at radius 1 is 1.33 bits per heavy atom. The number of nitrogens with zero attached hydrogens (tertiary/aromatic N) is 2. The normalized spacial score (nSPS) is 18.6. The highest BCUT2D eigenvalue weighted by Crippen LogP contribution is 2.41. The van der Waals surface area contributed by atoms with E-state index in [0.717, 1.165) is 21.9 Å². The predicted molar refractivity (Wildman–Crippen MR) is 76.4 cm³/mol. The van der Waals surface area contributed by atoms with Crippen LogP contribution in [0.15, 0.2) is 18.2 Å². The van der Waals surface area contributed by atoms with Crippen LogP contribution in [0.4, 0.5) is 0 Å². The Balaban J connectivity index is 2.31. The van der Waals surface area contributed by atoms with E-state index in [1.807, 2.05) is 18.2 Å². The molecule has 0 radical (unpaired) electrons. The molecule has 4 heteroatoms. The van der Waals surface area contributed by atoms with Crippen molar-refractivity contribution in [2.24, 2.45) is 0 Å². The van der Waals surface area contributed by atoms with E-state index in [9.17, 15) is 0 Å². The molecule has 0 bridgehead atoms. The molecule has 3 rings (SSSR count). The van der Waals surface area contributed by atoms with Crippen LogP contribution in [0.2, 0.25) is 5.02 Å². The van der Waals surface area contributed by atoms with Gasteiger partial charge in [-0.1, -0.05) is 30.5 Å². The molecule has 1 aliphatic carbocycles. The third kappa shape index (κ3) is 1.74. The lowest BCUT2D eigenvalue weighted by Crippen LogP contribution is -2.28. The van der Waals surface area contributed by atoms with E-state index >= 15 is 0 Å². The molecule has 0 amide bonds. The summed E-state index contributed by atoms with van der Waals surface area (Å²) >= 11 is 12.4. The molecule has 2 nitrogen and oxygen atoms in total. The second-order valence-corrected chi connectivity index (χ2v) is 5.98. The van der Waals surface area contributed by atoms with Crippen molar-refractivity contribution in [3.63, 3.8) is 0 Å². The molecule has 18 heavy (non-hydrogen) atoms. The van der Waals surface area contributed by atoms with Gasteiger partial charge in [-0.3, -0.25) is 0 Å². The van der Waals surface area contributed by atoms with Crippen LogP contribution in [0.1, 0.15) is 38.4 Å². The second kappa shape index (κ2) is 4.43. The van der Waals surface area contributed by atoms with Crippen LogP contribution in [-0.2, 0) is 11.4 Å². The lowest BCUT2D eigenvalue weighted by Gasteiger charge is -2.28. The molecule has 1 fully saturated rings. The van der Waals surface area contributed by atoms with Crippen molar-refractivity contribution in [1.82, 2.24) is 9.55 Å². The minimum atomic E-state index is 0.115. The molecule has 0 atom stereocenters. The molecule has 1 saturated carbocycles. The van der Waals surface area contributed by atoms with Crippen LogP contribution in [0.25, 0.3) is 11.0 Å². The van der Waals surface area contributed by atoms with Gasteiger partial charge in [0.1, 0.15) is 5.82 Å². The molecule has 1 aliphatic rings. The zero-order chi connectivity index (χ0) is 12.8. The number of hydrogen-bond acceptors (Lipinski definition) is 1. The zero-order valence-electron chi connectivity index (χ0n) is 10.4. The Morgan fingerprint density at radius 2 is 2.06 bits per heavy atom. The third-order valence-corrected chi connectivity index (χ3v) is 4.58. The van der Waals surface area contributed by atoms with Crippen LogP contribution in [0.3, 0.4) is 0 Å². The third-order valence-electron chi connectivity index (χ3n) is 4.04. The molecule has 1 aromatic carbocycles. The number of fused-ring (bicyclic) bond motifs is 1. The number of hydrogen-bond donors (Lipinski definition) is 0. The van der Waals surface area contributed by atoms with Gasteiger partial charge in [-0.25, -0.2) is 4.98 Å². The summed E-state index contributed by atoms with van der Waals surface area (Å²) in [5, 5.41) is 0.768. The summed E-state index contributed by atoms with van der Waals surface area (Å²) < 4.78 is 2.28. The molecule has 0 aliphatic heterocycles. The predicted octanol–water partition coefficient (Wildman–Crippen LogP) is 4.72. The van der Waals surface area contributed by atoms with Gasteiger partial charge in [-0.05, 0) is 31.9 Å². The van der Waals surface area contributed by atoms with Gasteiger partial charge in [-0.2, -0.15) is 0 Å². The highest BCUT2D eigenvalue weighted by molar-refractivity contribution is 6.35. The molecule has 1 heterocycles. The first-order valence-corrected chi connectivity index (χ1v) is 7.29. The van der Waals surface area contributed by atoms with Gasteiger partial charge in [0.2, 0.25) is 0 Å². The first-order valence-electron chi connectivity index (χ1n) is 6.38. The lowest BCUT2D eigenvalue weighted by atomic mass is 9.99. The summed E-state index contributed by atoms with van der Waals surface area (Å²) in [6.45, 7) is 2.29. The maximum Gasteiger partial charge on any atom is 0.125 e. The van der Waals surface area contributed by atoms with E-state index in [2.05, 4.69) is 16.5 Å². The molecule has 96 valence electrons. The Labute approximate surface area is 117 Å². The summed E-state index contributed by atoms with van der Waals surface area (Å²) in [5.41, 5.74) is 2.11. The Bertz CT molecular complexity index is 583. The Kier molecular flexibility index (Phi) is 3.03. The van der Waals surface area contributed by atoms with E-state index in [-0.39, 0.29) is 5.54 Å². The molecular weight excluding hydrogens is 267 g/mol. The highest BCUT2D eigenvalue weighted by atomic mass is 35.5. The summed E-state index contributed by atoms with van der Waals surface area (Å²) in [6.07, 6.45) is 4.88. The van der Waals surface area contributed by atoms with Gasteiger partial charge in [0.05, 0.1) is 21.9 Å². The Morgan fingerprint density at radius 3 is 2.72 bits per heavy atom. The number of imidazole rings is 1. The minimum absolute atomic E-state index is 0.115. The lowest BCUT2D eigenvalue weighted by molar-refractivity contribution is 0.331. The number of alkyl halides is 1. The molecule has 0 unspecified atom stereocenters. The number of para-hydroxylation sites is 1. The molecule has 0 saturated heterocycles. The minimum Gasteiger partial charge on any atom is -0.320 e. The molecular formula is C14H16Cl2N2. The maximum absolute atomic E-state index is 6.37. The zero-order valence-corrected chi connectivity index (χ0v) is 11.9. The fourth-order valence-electron chi connectivity index (χ4n) is 3.17. The van der Waals surface area contributed by atoms with E-state index in [4.69, 9.17) is 23.2 Å². The van der Waals surface area contributed by atoms with Crippen LogP contribution in [0, 0.1) is 0 Å². The summed E-state index contributed by atoms with van der Waals surface area (Å²) in [6, 6.07) is 5.88. The van der Waals surface area contributed by atoms with Crippen LogP contribution >= 0.6 is 23.2 Å². The molecule has 2 aromatic rings. The van der Waals surface area contributed by atoms with Crippen molar-refractivity contribution in [1.29, 1.82) is 0 Å². The van der Waals surface area contributed by atoms with E-state index < -0.39 is 0 Å². The number of rotatable bonds is 2. The van der Waals surface area contributed by atoms with Crippen molar-refractivity contribution in [2.75, 3.05) is 0 Å². The SMILES string of the molecule is CC1(n2c(CCl)nc3cccc(Cl)c32)CCCC1. The van der Waals surface area contributed by atoms with Gasteiger partial charge >= 0.3 is 0 Å². The van der Waals surface area contributed by atoms with Crippen molar-refractivity contribution in [3.8, 4) is 0 Å². The fraction of sp³-hybridized carbons (Fsp3) is 0.500. The second-order valence-electron chi connectivity index (χ2n) is 5.31. The number of aromatic nitrogens is 2. The van der Waals surface area contributed by atoms with Gasteiger partial charge < -0.3 is 4.57 Å². The van der Waals surface area contributed by atoms with Gasteiger partial charge in [0.25, 0.3) is 0 Å². The van der Waals surface area contributed by atoms with Gasteiger partial charge in [0, 0.05) is 5.54 Å². The maximum atomic E-state index is 6.37. The van der Waals surface area contributed by atoms with E-state index in [1.165, 1.54) is 25.7 Å². The molecule has 0 spiro atoms. The number of halogens is 2. The smallest absolute Gasteiger partial charge is 0.125 e. The van der Waals surface area contributed by atoms with E-state index in [1.54, 1.807) is 0 Å². The molecule has 1 aromatic heterocycles. The van der Waals surface area contributed by atoms with Crippen molar-refractivity contribution >= 4 is 34.2 Å². The van der Waals surface area contributed by atoms with Gasteiger partial charge in [-0.15, -0.1) is 11.6 Å².